The average Bonchev–Trinajstić information content (AvgIpc) is 2.51. The lowest BCUT2D eigenvalue weighted by Gasteiger charge is -2.14. The number of carbonyl (C=O) groups excluding carboxylic acids is 1. The molecule has 0 aliphatic carbocycles. The molecule has 0 aromatic rings. The zero-order valence-electron chi connectivity index (χ0n) is 9.03. The third-order valence-electron chi connectivity index (χ3n) is 2.47. The summed E-state index contributed by atoms with van der Waals surface area (Å²) in [4.78, 5) is 23.6. The van der Waals surface area contributed by atoms with Crippen molar-refractivity contribution in [2.75, 3.05) is 19.6 Å². The summed E-state index contributed by atoms with van der Waals surface area (Å²) in [6.07, 6.45) is 2.25. The van der Waals surface area contributed by atoms with Crippen molar-refractivity contribution in [2.45, 2.75) is 32.2 Å². The molecule has 1 aliphatic rings. The van der Waals surface area contributed by atoms with Crippen molar-refractivity contribution >= 4 is 11.9 Å². The molecule has 0 unspecified atom stereocenters. The van der Waals surface area contributed by atoms with Crippen molar-refractivity contribution < 1.29 is 14.7 Å². The lowest BCUT2D eigenvalue weighted by atomic mass is 10.2. The number of likely N-dealkylation sites (tertiary alicyclic amines) is 1. The number of aliphatic carboxylic acids is 1. The molecular formula is C10H18N2O3. The van der Waals surface area contributed by atoms with Crippen LogP contribution in [0.3, 0.4) is 0 Å². The monoisotopic (exact) mass is 214 g/mol. The summed E-state index contributed by atoms with van der Waals surface area (Å²) in [5.41, 5.74) is 0. The van der Waals surface area contributed by atoms with Gasteiger partial charge in [-0.2, -0.15) is 0 Å². The molecule has 1 rings (SSSR count). The van der Waals surface area contributed by atoms with Crippen LogP contribution in [0.1, 0.15) is 26.2 Å². The SMILES string of the molecule is CCCC(=O)N[C@@H]1CCN(CC(=O)O)C1. The maximum absolute atomic E-state index is 11.3. The second-order valence-electron chi connectivity index (χ2n) is 3.93. The van der Waals surface area contributed by atoms with E-state index in [0.717, 1.165) is 19.4 Å². The molecule has 86 valence electrons. The zero-order valence-corrected chi connectivity index (χ0v) is 9.03. The van der Waals surface area contributed by atoms with Crippen LogP contribution in [0.15, 0.2) is 0 Å². The summed E-state index contributed by atoms with van der Waals surface area (Å²) >= 11 is 0. The van der Waals surface area contributed by atoms with Gasteiger partial charge in [0.2, 0.25) is 5.91 Å². The maximum Gasteiger partial charge on any atom is 0.317 e. The van der Waals surface area contributed by atoms with Crippen LogP contribution in [0.4, 0.5) is 0 Å². The fourth-order valence-electron chi connectivity index (χ4n) is 1.81. The van der Waals surface area contributed by atoms with Gasteiger partial charge in [-0.05, 0) is 12.8 Å². The van der Waals surface area contributed by atoms with Crippen LogP contribution in [-0.2, 0) is 9.59 Å². The van der Waals surface area contributed by atoms with E-state index in [0.29, 0.717) is 13.0 Å². The number of carbonyl (C=O) groups is 2. The van der Waals surface area contributed by atoms with Gasteiger partial charge in [0, 0.05) is 25.6 Å². The summed E-state index contributed by atoms with van der Waals surface area (Å²) < 4.78 is 0. The number of carboxylic acid groups (broad SMARTS) is 1. The highest BCUT2D eigenvalue weighted by molar-refractivity contribution is 5.76. The number of amides is 1. The normalized spacial score (nSPS) is 21.5. The van der Waals surface area contributed by atoms with Gasteiger partial charge in [-0.1, -0.05) is 6.92 Å². The van der Waals surface area contributed by atoms with Crippen molar-refractivity contribution in [1.82, 2.24) is 10.2 Å². The number of rotatable bonds is 5. The van der Waals surface area contributed by atoms with E-state index in [1.165, 1.54) is 0 Å². The number of nitrogens with zero attached hydrogens (tertiary/aromatic N) is 1. The molecule has 5 nitrogen and oxygen atoms in total. The van der Waals surface area contributed by atoms with Gasteiger partial charge in [0.05, 0.1) is 6.54 Å². The molecule has 2 N–H and O–H groups in total. The first-order chi connectivity index (χ1) is 7.11. The molecule has 15 heavy (non-hydrogen) atoms. The molecule has 1 aliphatic heterocycles. The third kappa shape index (κ3) is 4.29. The van der Waals surface area contributed by atoms with Gasteiger partial charge >= 0.3 is 5.97 Å². The summed E-state index contributed by atoms with van der Waals surface area (Å²) in [5.74, 6) is -0.741. The molecule has 1 atom stereocenters. The van der Waals surface area contributed by atoms with Crippen LogP contribution in [0.5, 0.6) is 0 Å². The molecule has 0 aromatic carbocycles. The van der Waals surface area contributed by atoms with Crippen LogP contribution in [0.2, 0.25) is 0 Å². The highest BCUT2D eigenvalue weighted by Gasteiger charge is 2.24. The van der Waals surface area contributed by atoms with E-state index in [4.69, 9.17) is 5.11 Å². The molecule has 0 radical (unpaired) electrons. The van der Waals surface area contributed by atoms with E-state index in [1.807, 2.05) is 11.8 Å². The summed E-state index contributed by atoms with van der Waals surface area (Å²) in [7, 11) is 0. The van der Waals surface area contributed by atoms with Crippen LogP contribution >= 0.6 is 0 Å². The molecule has 0 aromatic heterocycles. The highest BCUT2D eigenvalue weighted by atomic mass is 16.4. The Hall–Kier alpha value is -1.10. The first kappa shape index (κ1) is 12.0. The van der Waals surface area contributed by atoms with E-state index in [9.17, 15) is 9.59 Å². The Balaban J connectivity index is 2.24. The molecule has 1 amide bonds. The lowest BCUT2D eigenvalue weighted by molar-refractivity contribution is -0.138. The van der Waals surface area contributed by atoms with Gasteiger partial charge in [-0.15, -0.1) is 0 Å². The van der Waals surface area contributed by atoms with E-state index in [1.54, 1.807) is 0 Å². The standard InChI is InChI=1S/C10H18N2O3/c1-2-3-9(13)11-8-4-5-12(6-8)7-10(14)15/h8H,2-7H2,1H3,(H,11,13)(H,14,15)/t8-/m1/s1. The molecule has 0 saturated carbocycles. The average molecular weight is 214 g/mol. The minimum absolute atomic E-state index is 0.0691. The minimum Gasteiger partial charge on any atom is -0.480 e. The number of hydrogen-bond acceptors (Lipinski definition) is 3. The van der Waals surface area contributed by atoms with Gasteiger partial charge in [0.1, 0.15) is 0 Å². The lowest BCUT2D eigenvalue weighted by Crippen LogP contribution is -2.37. The van der Waals surface area contributed by atoms with Crippen LogP contribution in [0.25, 0.3) is 0 Å². The van der Waals surface area contributed by atoms with Crippen molar-refractivity contribution in [3.8, 4) is 0 Å². The number of hydrogen-bond donors (Lipinski definition) is 2. The third-order valence-corrected chi connectivity index (χ3v) is 2.47. The molecule has 1 saturated heterocycles. The van der Waals surface area contributed by atoms with Crippen LogP contribution in [0, 0.1) is 0 Å². The van der Waals surface area contributed by atoms with Crippen molar-refractivity contribution in [2.24, 2.45) is 0 Å². The van der Waals surface area contributed by atoms with Crippen molar-refractivity contribution in [3.05, 3.63) is 0 Å². The van der Waals surface area contributed by atoms with Crippen molar-refractivity contribution in [1.29, 1.82) is 0 Å². The van der Waals surface area contributed by atoms with Crippen LogP contribution in [-0.4, -0.2) is 47.6 Å². The van der Waals surface area contributed by atoms with E-state index < -0.39 is 5.97 Å². The van der Waals surface area contributed by atoms with E-state index in [2.05, 4.69) is 5.32 Å². The topological polar surface area (TPSA) is 69.6 Å². The molecule has 1 fully saturated rings. The quantitative estimate of drug-likeness (QED) is 0.679. The maximum atomic E-state index is 11.3. The Morgan fingerprint density at radius 1 is 1.53 bits per heavy atom. The van der Waals surface area contributed by atoms with Crippen molar-refractivity contribution in [3.63, 3.8) is 0 Å². The van der Waals surface area contributed by atoms with Crippen LogP contribution < -0.4 is 5.32 Å². The van der Waals surface area contributed by atoms with Gasteiger partial charge < -0.3 is 10.4 Å². The Kier molecular flexibility index (Phi) is 4.55. The summed E-state index contributed by atoms with van der Waals surface area (Å²) in [5, 5.41) is 11.5. The Morgan fingerprint density at radius 3 is 2.87 bits per heavy atom. The zero-order chi connectivity index (χ0) is 11.3. The van der Waals surface area contributed by atoms with E-state index in [-0.39, 0.29) is 18.5 Å². The Labute approximate surface area is 89.4 Å². The molecule has 1 heterocycles. The fraction of sp³-hybridized carbons (Fsp3) is 0.800. The van der Waals surface area contributed by atoms with Gasteiger partial charge in [0.15, 0.2) is 0 Å². The summed E-state index contributed by atoms with van der Waals surface area (Å²) in [6.45, 7) is 3.44. The van der Waals surface area contributed by atoms with Gasteiger partial charge in [-0.3, -0.25) is 14.5 Å². The van der Waals surface area contributed by atoms with Gasteiger partial charge in [0.25, 0.3) is 0 Å². The first-order valence-corrected chi connectivity index (χ1v) is 5.35. The highest BCUT2D eigenvalue weighted by Crippen LogP contribution is 2.08. The minimum atomic E-state index is -0.810. The first-order valence-electron chi connectivity index (χ1n) is 5.35. The molecule has 0 spiro atoms. The Morgan fingerprint density at radius 2 is 2.27 bits per heavy atom. The molecule has 0 bridgehead atoms. The van der Waals surface area contributed by atoms with E-state index >= 15 is 0 Å². The molecule has 5 heteroatoms. The second kappa shape index (κ2) is 5.70. The Bertz CT molecular complexity index is 243. The largest absolute Gasteiger partial charge is 0.480 e. The second-order valence-corrected chi connectivity index (χ2v) is 3.93. The molecular weight excluding hydrogens is 196 g/mol. The smallest absolute Gasteiger partial charge is 0.317 e. The number of carboxylic acids is 1. The number of nitrogens with one attached hydrogen (secondary N) is 1. The predicted octanol–water partition coefficient (Wildman–Crippen LogP) is 0.0616. The van der Waals surface area contributed by atoms with Gasteiger partial charge in [-0.25, -0.2) is 0 Å². The summed E-state index contributed by atoms with van der Waals surface area (Å²) in [6, 6.07) is 0.128. The predicted molar refractivity (Wildman–Crippen MR) is 55.5 cm³/mol. The fourth-order valence-corrected chi connectivity index (χ4v) is 1.81.